The summed E-state index contributed by atoms with van der Waals surface area (Å²) in [6.45, 7) is 2.14. The Morgan fingerprint density at radius 2 is 2.00 bits per heavy atom. The molecule has 1 heterocycles. The van der Waals surface area contributed by atoms with Gasteiger partial charge < -0.3 is 10.1 Å². The fourth-order valence-electron chi connectivity index (χ4n) is 2.67. The number of thioether (sulfide) groups is 1. The molecular weight excluding hydrogens is 400 g/mol. The molecular formula is C20H19ClN2O4S. The lowest BCUT2D eigenvalue weighted by atomic mass is 10.1. The van der Waals surface area contributed by atoms with Crippen molar-refractivity contribution in [2.24, 2.45) is 0 Å². The lowest BCUT2D eigenvalue weighted by Crippen LogP contribution is -2.41. The van der Waals surface area contributed by atoms with Crippen LogP contribution >= 0.6 is 23.4 Å². The number of carbonyl (C=O) groups excluding carboxylic acids is 3. The number of imide groups is 1. The van der Waals surface area contributed by atoms with Crippen molar-refractivity contribution in [1.82, 2.24) is 10.2 Å². The minimum absolute atomic E-state index is 0.275. The number of ether oxygens (including phenoxy) is 1. The standard InChI is InChI=1S/C20H19ClN2O4S/c1-13(18(24)23-10-9-22-20(23)26)27-19(25)15-4-2-3-14(11-15)12-28-17-7-5-16(21)6-8-17/h2-8,11,13H,9-10,12H2,1H3,(H,22,26)/t13-/m0/s1. The molecule has 2 aromatic carbocycles. The van der Waals surface area contributed by atoms with Gasteiger partial charge in [0.2, 0.25) is 0 Å². The van der Waals surface area contributed by atoms with Crippen LogP contribution in [0.4, 0.5) is 4.79 Å². The fourth-order valence-corrected chi connectivity index (χ4v) is 3.63. The van der Waals surface area contributed by atoms with E-state index in [0.29, 0.717) is 22.9 Å². The molecule has 3 amide bonds. The van der Waals surface area contributed by atoms with Crippen molar-refractivity contribution in [2.75, 3.05) is 13.1 Å². The summed E-state index contributed by atoms with van der Waals surface area (Å²) in [4.78, 5) is 38.3. The quantitative estimate of drug-likeness (QED) is 0.571. The van der Waals surface area contributed by atoms with Crippen LogP contribution in [0, 0.1) is 0 Å². The first-order chi connectivity index (χ1) is 13.4. The largest absolute Gasteiger partial charge is 0.449 e. The van der Waals surface area contributed by atoms with E-state index in [2.05, 4.69) is 5.32 Å². The molecule has 0 unspecified atom stereocenters. The normalized spacial score (nSPS) is 14.5. The molecule has 0 bridgehead atoms. The zero-order valence-corrected chi connectivity index (χ0v) is 16.8. The number of nitrogens with zero attached hydrogens (tertiary/aromatic N) is 1. The van der Waals surface area contributed by atoms with Crippen molar-refractivity contribution in [3.05, 3.63) is 64.7 Å². The minimum Gasteiger partial charge on any atom is -0.449 e. The number of hydrogen-bond donors (Lipinski definition) is 1. The average molecular weight is 419 g/mol. The smallest absolute Gasteiger partial charge is 0.338 e. The number of carbonyl (C=O) groups is 3. The highest BCUT2D eigenvalue weighted by Crippen LogP contribution is 2.24. The van der Waals surface area contributed by atoms with Gasteiger partial charge in [0.15, 0.2) is 6.10 Å². The Bertz CT molecular complexity index is 888. The summed E-state index contributed by atoms with van der Waals surface area (Å²) < 4.78 is 5.26. The monoisotopic (exact) mass is 418 g/mol. The second-order valence-electron chi connectivity index (χ2n) is 6.21. The summed E-state index contributed by atoms with van der Waals surface area (Å²) >= 11 is 7.51. The molecule has 0 spiro atoms. The predicted octanol–water partition coefficient (Wildman–Crippen LogP) is 3.73. The summed E-state index contributed by atoms with van der Waals surface area (Å²) in [5.41, 5.74) is 1.31. The van der Waals surface area contributed by atoms with E-state index in [1.54, 1.807) is 30.0 Å². The summed E-state index contributed by atoms with van der Waals surface area (Å²) in [7, 11) is 0. The number of halogens is 1. The first kappa shape index (κ1) is 20.2. The maximum Gasteiger partial charge on any atom is 0.338 e. The van der Waals surface area contributed by atoms with Gasteiger partial charge in [-0.15, -0.1) is 11.8 Å². The van der Waals surface area contributed by atoms with E-state index in [1.807, 2.05) is 30.3 Å². The van der Waals surface area contributed by atoms with Crippen molar-refractivity contribution >= 4 is 41.3 Å². The van der Waals surface area contributed by atoms with E-state index < -0.39 is 24.0 Å². The zero-order chi connectivity index (χ0) is 20.1. The van der Waals surface area contributed by atoms with Crippen LogP contribution in [-0.2, 0) is 15.3 Å². The van der Waals surface area contributed by atoms with Gasteiger partial charge in [0.25, 0.3) is 5.91 Å². The molecule has 1 N–H and O–H groups in total. The molecule has 1 saturated heterocycles. The van der Waals surface area contributed by atoms with Crippen LogP contribution in [0.1, 0.15) is 22.8 Å². The minimum atomic E-state index is -1.04. The summed E-state index contributed by atoms with van der Waals surface area (Å²) in [6, 6.07) is 14.1. The van der Waals surface area contributed by atoms with Gasteiger partial charge in [0.1, 0.15) is 0 Å². The van der Waals surface area contributed by atoms with Gasteiger partial charge in [-0.25, -0.2) is 9.59 Å². The number of nitrogens with one attached hydrogen (secondary N) is 1. The third-order valence-electron chi connectivity index (χ3n) is 4.14. The molecule has 1 atom stereocenters. The number of esters is 1. The molecule has 0 radical (unpaired) electrons. The van der Waals surface area contributed by atoms with Crippen LogP contribution in [0.3, 0.4) is 0 Å². The predicted molar refractivity (Wildman–Crippen MR) is 107 cm³/mol. The first-order valence-electron chi connectivity index (χ1n) is 8.71. The van der Waals surface area contributed by atoms with Crippen molar-refractivity contribution in [3.8, 4) is 0 Å². The van der Waals surface area contributed by atoms with Gasteiger partial charge in [0.05, 0.1) is 5.56 Å². The van der Waals surface area contributed by atoms with Crippen molar-refractivity contribution in [1.29, 1.82) is 0 Å². The van der Waals surface area contributed by atoms with E-state index in [9.17, 15) is 14.4 Å². The van der Waals surface area contributed by atoms with Crippen molar-refractivity contribution in [3.63, 3.8) is 0 Å². The summed E-state index contributed by atoms with van der Waals surface area (Å²) in [5.74, 6) is -0.456. The third-order valence-corrected chi connectivity index (χ3v) is 5.47. The molecule has 0 aliphatic carbocycles. The van der Waals surface area contributed by atoms with Crippen molar-refractivity contribution in [2.45, 2.75) is 23.7 Å². The van der Waals surface area contributed by atoms with Gasteiger partial charge in [-0.05, 0) is 48.9 Å². The highest BCUT2D eigenvalue weighted by molar-refractivity contribution is 7.98. The molecule has 2 aromatic rings. The molecule has 0 saturated carbocycles. The molecule has 1 fully saturated rings. The Kier molecular flexibility index (Phi) is 6.59. The molecule has 1 aliphatic rings. The van der Waals surface area contributed by atoms with Crippen LogP contribution in [0.2, 0.25) is 5.02 Å². The highest BCUT2D eigenvalue weighted by Gasteiger charge is 2.31. The molecule has 146 valence electrons. The van der Waals surface area contributed by atoms with Gasteiger partial charge >= 0.3 is 12.0 Å². The molecule has 6 nitrogen and oxygen atoms in total. The second-order valence-corrected chi connectivity index (χ2v) is 7.70. The van der Waals surface area contributed by atoms with Crippen LogP contribution in [0.15, 0.2) is 53.4 Å². The summed E-state index contributed by atoms with van der Waals surface area (Å²) in [5, 5.41) is 3.23. The molecule has 8 heteroatoms. The molecule has 28 heavy (non-hydrogen) atoms. The van der Waals surface area contributed by atoms with Crippen LogP contribution in [-0.4, -0.2) is 42.0 Å². The number of hydrogen-bond acceptors (Lipinski definition) is 5. The van der Waals surface area contributed by atoms with Gasteiger partial charge in [-0.2, -0.15) is 0 Å². The number of amides is 3. The number of rotatable bonds is 6. The number of benzene rings is 2. The molecule has 0 aromatic heterocycles. The second kappa shape index (κ2) is 9.12. The van der Waals surface area contributed by atoms with E-state index in [-0.39, 0.29) is 6.54 Å². The van der Waals surface area contributed by atoms with E-state index in [1.165, 1.54) is 6.92 Å². The first-order valence-corrected chi connectivity index (χ1v) is 10.1. The van der Waals surface area contributed by atoms with E-state index >= 15 is 0 Å². The Labute approximate surface area is 172 Å². The lowest BCUT2D eigenvalue weighted by molar-refractivity contribution is -0.136. The average Bonchev–Trinajstić information content (AvgIpc) is 3.13. The van der Waals surface area contributed by atoms with Gasteiger partial charge in [0, 0.05) is 28.8 Å². The van der Waals surface area contributed by atoms with Gasteiger partial charge in [-0.3, -0.25) is 9.69 Å². The van der Waals surface area contributed by atoms with Crippen LogP contribution in [0.25, 0.3) is 0 Å². The molecule has 3 rings (SSSR count). The Morgan fingerprint density at radius 3 is 2.68 bits per heavy atom. The van der Waals surface area contributed by atoms with Crippen LogP contribution < -0.4 is 5.32 Å². The maximum absolute atomic E-state index is 12.4. The van der Waals surface area contributed by atoms with Crippen LogP contribution in [0.5, 0.6) is 0 Å². The zero-order valence-electron chi connectivity index (χ0n) is 15.2. The van der Waals surface area contributed by atoms with E-state index in [0.717, 1.165) is 15.4 Å². The summed E-state index contributed by atoms with van der Waals surface area (Å²) in [6.07, 6.45) is -1.04. The Balaban J connectivity index is 1.59. The third kappa shape index (κ3) is 5.05. The highest BCUT2D eigenvalue weighted by atomic mass is 35.5. The SMILES string of the molecule is C[C@H](OC(=O)c1cccc(CSc2ccc(Cl)cc2)c1)C(=O)N1CCNC1=O. The topological polar surface area (TPSA) is 75.7 Å². The number of urea groups is 1. The Morgan fingerprint density at radius 1 is 1.25 bits per heavy atom. The fraction of sp³-hybridized carbons (Fsp3) is 0.250. The van der Waals surface area contributed by atoms with E-state index in [4.69, 9.17) is 16.3 Å². The van der Waals surface area contributed by atoms with Crippen molar-refractivity contribution < 1.29 is 19.1 Å². The molecule has 1 aliphatic heterocycles. The Hall–Kier alpha value is -2.51. The lowest BCUT2D eigenvalue weighted by Gasteiger charge is -2.18. The maximum atomic E-state index is 12.4. The van der Waals surface area contributed by atoms with Gasteiger partial charge in [-0.1, -0.05) is 23.7 Å².